The maximum absolute atomic E-state index is 12.4. The predicted octanol–water partition coefficient (Wildman–Crippen LogP) is 2.66. The fourth-order valence-corrected chi connectivity index (χ4v) is 3.75. The van der Waals surface area contributed by atoms with Gasteiger partial charge in [-0.1, -0.05) is 13.0 Å². The first-order chi connectivity index (χ1) is 12.5. The van der Waals surface area contributed by atoms with Crippen molar-refractivity contribution in [3.63, 3.8) is 0 Å². The van der Waals surface area contributed by atoms with E-state index in [4.69, 9.17) is 4.74 Å². The summed E-state index contributed by atoms with van der Waals surface area (Å²) in [6, 6.07) is 3.51. The second-order valence-corrected chi connectivity index (χ2v) is 7.47. The zero-order chi connectivity index (χ0) is 18.5. The molecule has 0 bridgehead atoms. The lowest BCUT2D eigenvalue weighted by Crippen LogP contribution is -2.49. The number of pyridine rings is 1. The van der Waals surface area contributed by atoms with E-state index in [1.165, 1.54) is 12.8 Å². The third kappa shape index (κ3) is 4.86. The van der Waals surface area contributed by atoms with Crippen molar-refractivity contribution < 1.29 is 19.4 Å². The lowest BCUT2D eigenvalue weighted by atomic mass is 9.91. The molecule has 2 N–H and O–H groups in total. The van der Waals surface area contributed by atoms with Gasteiger partial charge in [0.05, 0.1) is 5.92 Å². The van der Waals surface area contributed by atoms with Crippen LogP contribution in [0.2, 0.25) is 0 Å². The van der Waals surface area contributed by atoms with Gasteiger partial charge in [0.2, 0.25) is 5.88 Å². The van der Waals surface area contributed by atoms with Crippen LogP contribution in [0.1, 0.15) is 44.6 Å². The molecule has 1 aromatic rings. The molecular weight excluding hydrogens is 334 g/mol. The van der Waals surface area contributed by atoms with Crippen LogP contribution in [-0.4, -0.2) is 46.2 Å². The van der Waals surface area contributed by atoms with Crippen molar-refractivity contribution in [1.82, 2.24) is 15.2 Å². The molecule has 0 spiro atoms. The number of piperidine rings is 1. The first-order valence-electron chi connectivity index (χ1n) is 9.38. The molecule has 2 amide bonds. The number of amides is 2. The van der Waals surface area contributed by atoms with Crippen molar-refractivity contribution in [2.45, 2.75) is 51.7 Å². The van der Waals surface area contributed by atoms with Crippen LogP contribution in [0.4, 0.5) is 4.79 Å². The minimum absolute atomic E-state index is 0.185. The smallest absolute Gasteiger partial charge is 0.317 e. The number of hydrogen-bond acceptors (Lipinski definition) is 4. The van der Waals surface area contributed by atoms with Gasteiger partial charge in [-0.15, -0.1) is 0 Å². The zero-order valence-corrected chi connectivity index (χ0v) is 15.2. The van der Waals surface area contributed by atoms with E-state index in [1.807, 2.05) is 19.1 Å². The fraction of sp³-hybridized carbons (Fsp3) is 0.632. The Hall–Kier alpha value is -2.31. The van der Waals surface area contributed by atoms with Crippen molar-refractivity contribution in [3.8, 4) is 5.88 Å². The number of ether oxygens (including phenoxy) is 1. The molecule has 1 aromatic heterocycles. The Morgan fingerprint density at radius 2 is 2.08 bits per heavy atom. The van der Waals surface area contributed by atoms with E-state index in [-0.39, 0.29) is 24.6 Å². The molecule has 1 aliphatic carbocycles. The van der Waals surface area contributed by atoms with Crippen molar-refractivity contribution in [2.75, 3.05) is 13.1 Å². The normalized spacial score (nSPS) is 23.7. The van der Waals surface area contributed by atoms with Crippen LogP contribution in [0, 0.1) is 11.8 Å². The monoisotopic (exact) mass is 361 g/mol. The molecule has 7 nitrogen and oxygen atoms in total. The van der Waals surface area contributed by atoms with Crippen molar-refractivity contribution in [2.24, 2.45) is 11.8 Å². The van der Waals surface area contributed by atoms with E-state index < -0.39 is 11.9 Å². The Bertz CT molecular complexity index is 628. The Kier molecular flexibility index (Phi) is 5.96. The Balaban J connectivity index is 1.48. The summed E-state index contributed by atoms with van der Waals surface area (Å²) >= 11 is 0. The molecule has 26 heavy (non-hydrogen) atoms. The van der Waals surface area contributed by atoms with Crippen LogP contribution in [0.25, 0.3) is 0 Å². The minimum atomic E-state index is -0.837. The highest BCUT2D eigenvalue weighted by Crippen LogP contribution is 2.23. The average Bonchev–Trinajstić information content (AvgIpc) is 3.13. The van der Waals surface area contributed by atoms with Gasteiger partial charge in [0.15, 0.2) is 0 Å². The minimum Gasteiger partial charge on any atom is -0.481 e. The Morgan fingerprint density at radius 1 is 1.31 bits per heavy atom. The summed E-state index contributed by atoms with van der Waals surface area (Å²) in [5.74, 6) is -0.514. The molecule has 2 atom stereocenters. The molecule has 1 saturated heterocycles. The number of hydrogen-bond donors (Lipinski definition) is 2. The average molecular weight is 361 g/mol. The summed E-state index contributed by atoms with van der Waals surface area (Å²) in [7, 11) is 0. The number of aromatic nitrogens is 1. The van der Waals surface area contributed by atoms with Gasteiger partial charge >= 0.3 is 12.0 Å². The van der Waals surface area contributed by atoms with Crippen LogP contribution in [0.15, 0.2) is 18.3 Å². The van der Waals surface area contributed by atoms with Gasteiger partial charge in [0.25, 0.3) is 0 Å². The van der Waals surface area contributed by atoms with E-state index in [9.17, 15) is 14.7 Å². The van der Waals surface area contributed by atoms with Crippen LogP contribution in [0.3, 0.4) is 0 Å². The number of carbonyl (C=O) groups is 2. The summed E-state index contributed by atoms with van der Waals surface area (Å²) in [4.78, 5) is 29.5. The third-order valence-corrected chi connectivity index (χ3v) is 5.13. The fourth-order valence-electron chi connectivity index (χ4n) is 3.75. The Labute approximate surface area is 153 Å². The number of aliphatic carboxylic acids is 1. The highest BCUT2D eigenvalue weighted by atomic mass is 16.5. The van der Waals surface area contributed by atoms with Gasteiger partial charge in [-0.3, -0.25) is 4.79 Å². The summed E-state index contributed by atoms with van der Waals surface area (Å²) < 4.78 is 5.83. The second-order valence-electron chi connectivity index (χ2n) is 7.47. The molecule has 2 unspecified atom stereocenters. The molecule has 0 radical (unpaired) electrons. The lowest BCUT2D eigenvalue weighted by molar-refractivity contribution is -0.143. The quantitative estimate of drug-likeness (QED) is 0.841. The first kappa shape index (κ1) is 18.5. The molecule has 1 saturated carbocycles. The number of nitrogens with one attached hydrogen (secondary N) is 1. The molecule has 2 fully saturated rings. The number of rotatable bonds is 5. The van der Waals surface area contributed by atoms with Crippen molar-refractivity contribution in [3.05, 3.63) is 23.9 Å². The molecule has 3 rings (SSSR count). The second kappa shape index (κ2) is 8.38. The van der Waals surface area contributed by atoms with Gasteiger partial charge in [-0.25, -0.2) is 9.78 Å². The number of carboxylic acid groups (broad SMARTS) is 1. The predicted molar refractivity (Wildman–Crippen MR) is 95.8 cm³/mol. The van der Waals surface area contributed by atoms with Gasteiger partial charge in [0.1, 0.15) is 6.10 Å². The standard InChI is InChI=1S/C19H27N3O4/c1-13-8-15(18(23)24)12-22(11-13)19(25)21-10-14-6-7-17(20-9-14)26-16-4-2-3-5-16/h6-7,9,13,15-16H,2-5,8,10-12H2,1H3,(H,21,25)(H,23,24). The molecule has 7 heteroatoms. The molecule has 2 aliphatic rings. The van der Waals surface area contributed by atoms with Gasteiger partial charge in [-0.05, 0) is 43.6 Å². The van der Waals surface area contributed by atoms with E-state index in [1.54, 1.807) is 11.1 Å². The zero-order valence-electron chi connectivity index (χ0n) is 15.2. The lowest BCUT2D eigenvalue weighted by Gasteiger charge is -2.34. The van der Waals surface area contributed by atoms with E-state index in [2.05, 4.69) is 10.3 Å². The Morgan fingerprint density at radius 3 is 2.73 bits per heavy atom. The van der Waals surface area contributed by atoms with Crippen LogP contribution in [-0.2, 0) is 11.3 Å². The summed E-state index contributed by atoms with van der Waals surface area (Å²) in [6.45, 7) is 3.18. The third-order valence-electron chi connectivity index (χ3n) is 5.13. The highest BCUT2D eigenvalue weighted by Gasteiger charge is 2.31. The number of carboxylic acids is 1. The molecule has 0 aromatic carbocycles. The first-order valence-corrected chi connectivity index (χ1v) is 9.38. The maximum atomic E-state index is 12.4. The summed E-state index contributed by atoms with van der Waals surface area (Å²) in [6.07, 6.45) is 7.21. The van der Waals surface area contributed by atoms with Crippen molar-refractivity contribution >= 4 is 12.0 Å². The van der Waals surface area contributed by atoms with E-state index in [0.717, 1.165) is 18.4 Å². The summed E-state index contributed by atoms with van der Waals surface area (Å²) in [5.41, 5.74) is 0.886. The molecular formula is C19H27N3O4. The largest absolute Gasteiger partial charge is 0.481 e. The number of likely N-dealkylation sites (tertiary alicyclic amines) is 1. The summed E-state index contributed by atoms with van der Waals surface area (Å²) in [5, 5.41) is 12.1. The van der Waals surface area contributed by atoms with E-state index >= 15 is 0 Å². The molecule has 142 valence electrons. The van der Waals surface area contributed by atoms with Gasteiger partial charge < -0.3 is 20.1 Å². The molecule has 2 heterocycles. The number of nitrogens with zero attached hydrogens (tertiary/aromatic N) is 2. The van der Waals surface area contributed by atoms with Crippen LogP contribution in [0.5, 0.6) is 5.88 Å². The highest BCUT2D eigenvalue weighted by molar-refractivity contribution is 5.76. The van der Waals surface area contributed by atoms with Gasteiger partial charge in [-0.2, -0.15) is 0 Å². The van der Waals surface area contributed by atoms with E-state index in [0.29, 0.717) is 25.4 Å². The van der Waals surface area contributed by atoms with Crippen molar-refractivity contribution in [1.29, 1.82) is 0 Å². The van der Waals surface area contributed by atoms with Crippen LogP contribution >= 0.6 is 0 Å². The maximum Gasteiger partial charge on any atom is 0.317 e. The molecule has 1 aliphatic heterocycles. The number of urea groups is 1. The SMILES string of the molecule is CC1CC(C(=O)O)CN(C(=O)NCc2ccc(OC3CCCC3)nc2)C1. The van der Waals surface area contributed by atoms with Gasteiger partial charge in [0, 0.05) is 31.9 Å². The van der Waals surface area contributed by atoms with Crippen LogP contribution < -0.4 is 10.1 Å². The topological polar surface area (TPSA) is 91.8 Å². The number of carbonyl (C=O) groups excluding carboxylic acids is 1.